The number of alkyl halides is 2. The van der Waals surface area contributed by atoms with Crippen LogP contribution in [-0.4, -0.2) is 12.2 Å². The molecule has 15 heavy (non-hydrogen) atoms. The SMILES string of the molecule is C/C(=C\C(F)(F)C=O)c1ccc(Br)cc1. The van der Waals surface area contributed by atoms with E-state index in [-0.39, 0.29) is 6.29 Å². The van der Waals surface area contributed by atoms with Gasteiger partial charge >= 0.3 is 5.92 Å². The molecule has 0 heterocycles. The molecule has 0 fully saturated rings. The van der Waals surface area contributed by atoms with E-state index >= 15 is 0 Å². The molecule has 1 rings (SSSR count). The summed E-state index contributed by atoms with van der Waals surface area (Å²) in [5.41, 5.74) is 1.04. The summed E-state index contributed by atoms with van der Waals surface area (Å²) >= 11 is 3.25. The third kappa shape index (κ3) is 3.55. The number of carbonyl (C=O) groups is 1. The van der Waals surface area contributed by atoms with E-state index < -0.39 is 5.92 Å². The average Bonchev–Trinajstić information content (AvgIpc) is 2.18. The highest BCUT2D eigenvalue weighted by Gasteiger charge is 2.24. The molecule has 0 aliphatic carbocycles. The molecule has 0 N–H and O–H groups in total. The Morgan fingerprint density at radius 3 is 2.33 bits per heavy atom. The molecule has 0 amide bonds. The molecule has 4 heteroatoms. The summed E-state index contributed by atoms with van der Waals surface area (Å²) in [4.78, 5) is 10.0. The molecule has 0 bridgehead atoms. The van der Waals surface area contributed by atoms with Crippen molar-refractivity contribution in [2.75, 3.05) is 0 Å². The maximum absolute atomic E-state index is 12.7. The Kier molecular flexibility index (Phi) is 3.74. The Hall–Kier alpha value is -1.03. The van der Waals surface area contributed by atoms with Crippen LogP contribution in [0.1, 0.15) is 12.5 Å². The van der Waals surface area contributed by atoms with Gasteiger partial charge in [-0.05, 0) is 36.3 Å². The summed E-state index contributed by atoms with van der Waals surface area (Å²) < 4.78 is 26.3. The first-order chi connectivity index (χ1) is 6.94. The van der Waals surface area contributed by atoms with Crippen LogP contribution in [-0.2, 0) is 4.79 Å². The molecule has 0 spiro atoms. The zero-order chi connectivity index (χ0) is 11.5. The number of hydrogen-bond acceptors (Lipinski definition) is 1. The van der Waals surface area contributed by atoms with Gasteiger partial charge in [0, 0.05) is 4.47 Å². The van der Waals surface area contributed by atoms with Crippen LogP contribution in [0.2, 0.25) is 0 Å². The summed E-state index contributed by atoms with van der Waals surface area (Å²) in [6.07, 6.45) is 0.290. The molecule has 1 aromatic rings. The maximum atomic E-state index is 12.7. The van der Waals surface area contributed by atoms with Crippen molar-refractivity contribution in [3.63, 3.8) is 0 Å². The Labute approximate surface area is 94.9 Å². The lowest BCUT2D eigenvalue weighted by molar-refractivity contribution is -0.123. The Morgan fingerprint density at radius 2 is 1.87 bits per heavy atom. The van der Waals surface area contributed by atoms with Crippen molar-refractivity contribution in [1.29, 1.82) is 0 Å². The van der Waals surface area contributed by atoms with Gasteiger partial charge < -0.3 is 0 Å². The molecule has 0 radical (unpaired) electrons. The van der Waals surface area contributed by atoms with Crippen LogP contribution < -0.4 is 0 Å². The molecule has 80 valence electrons. The molecule has 0 aromatic heterocycles. The van der Waals surface area contributed by atoms with Crippen molar-refractivity contribution >= 4 is 27.8 Å². The molecular formula is C11H9BrF2O. The fourth-order valence-corrected chi connectivity index (χ4v) is 1.38. The minimum atomic E-state index is -3.39. The van der Waals surface area contributed by atoms with E-state index in [1.807, 2.05) is 0 Å². The molecule has 0 atom stereocenters. The van der Waals surface area contributed by atoms with E-state index in [0.717, 1.165) is 4.47 Å². The van der Waals surface area contributed by atoms with Gasteiger partial charge in [0.05, 0.1) is 0 Å². The van der Waals surface area contributed by atoms with Crippen LogP contribution in [0.25, 0.3) is 5.57 Å². The quantitative estimate of drug-likeness (QED) is 0.769. The van der Waals surface area contributed by atoms with E-state index in [9.17, 15) is 13.6 Å². The van der Waals surface area contributed by atoms with E-state index in [1.165, 1.54) is 0 Å². The molecule has 0 saturated carbocycles. The van der Waals surface area contributed by atoms with Crippen LogP contribution in [0.4, 0.5) is 8.78 Å². The number of allylic oxidation sites excluding steroid dienone is 2. The zero-order valence-corrected chi connectivity index (χ0v) is 9.59. The predicted molar refractivity (Wildman–Crippen MR) is 58.8 cm³/mol. The fraction of sp³-hybridized carbons (Fsp3) is 0.182. The lowest BCUT2D eigenvalue weighted by atomic mass is 10.1. The van der Waals surface area contributed by atoms with E-state index in [4.69, 9.17) is 0 Å². The van der Waals surface area contributed by atoms with Gasteiger partial charge in [-0.3, -0.25) is 4.79 Å². The Morgan fingerprint density at radius 1 is 1.33 bits per heavy atom. The Bertz CT molecular complexity index is 382. The normalized spacial score (nSPS) is 12.7. The van der Waals surface area contributed by atoms with Gasteiger partial charge in [0.2, 0.25) is 0 Å². The van der Waals surface area contributed by atoms with Crippen LogP contribution >= 0.6 is 15.9 Å². The molecular weight excluding hydrogens is 266 g/mol. The summed E-state index contributed by atoms with van der Waals surface area (Å²) in [7, 11) is 0. The summed E-state index contributed by atoms with van der Waals surface area (Å²) in [5.74, 6) is -3.39. The number of rotatable bonds is 3. The van der Waals surface area contributed by atoms with Gasteiger partial charge in [-0.1, -0.05) is 28.1 Å². The van der Waals surface area contributed by atoms with Crippen molar-refractivity contribution in [2.24, 2.45) is 0 Å². The van der Waals surface area contributed by atoms with Crippen molar-refractivity contribution in [3.8, 4) is 0 Å². The van der Waals surface area contributed by atoms with Gasteiger partial charge in [0.15, 0.2) is 6.29 Å². The third-order valence-electron chi connectivity index (χ3n) is 1.87. The molecule has 0 aliphatic rings. The number of aldehydes is 1. The van der Waals surface area contributed by atoms with Gasteiger partial charge in [-0.25, -0.2) is 0 Å². The highest BCUT2D eigenvalue weighted by molar-refractivity contribution is 9.10. The average molecular weight is 275 g/mol. The number of carbonyl (C=O) groups excluding carboxylic acids is 1. The van der Waals surface area contributed by atoms with Gasteiger partial charge in [0.1, 0.15) is 0 Å². The van der Waals surface area contributed by atoms with Crippen LogP contribution in [0.3, 0.4) is 0 Å². The smallest absolute Gasteiger partial charge is 0.296 e. The molecule has 1 aromatic carbocycles. The topological polar surface area (TPSA) is 17.1 Å². The first-order valence-electron chi connectivity index (χ1n) is 4.24. The maximum Gasteiger partial charge on any atom is 0.321 e. The second-order valence-corrected chi connectivity index (χ2v) is 4.04. The Balaban J connectivity index is 2.99. The summed E-state index contributed by atoms with van der Waals surface area (Å²) in [6, 6.07) is 6.92. The summed E-state index contributed by atoms with van der Waals surface area (Å²) in [6.45, 7) is 1.54. The molecule has 0 saturated heterocycles. The summed E-state index contributed by atoms with van der Waals surface area (Å²) in [5, 5.41) is 0. The van der Waals surface area contributed by atoms with E-state index in [1.54, 1.807) is 31.2 Å². The first kappa shape index (κ1) is 12.0. The molecule has 0 aliphatic heterocycles. The van der Waals surface area contributed by atoms with Gasteiger partial charge in [0.25, 0.3) is 0 Å². The van der Waals surface area contributed by atoms with Crippen LogP contribution in [0.15, 0.2) is 34.8 Å². The lowest BCUT2D eigenvalue weighted by Gasteiger charge is -2.06. The lowest BCUT2D eigenvalue weighted by Crippen LogP contribution is -2.13. The number of benzene rings is 1. The van der Waals surface area contributed by atoms with Crippen molar-refractivity contribution in [2.45, 2.75) is 12.8 Å². The second-order valence-electron chi connectivity index (χ2n) is 3.13. The number of halogens is 3. The first-order valence-corrected chi connectivity index (χ1v) is 5.03. The van der Waals surface area contributed by atoms with Crippen molar-refractivity contribution < 1.29 is 13.6 Å². The molecule has 1 nitrogen and oxygen atoms in total. The fourth-order valence-electron chi connectivity index (χ4n) is 1.12. The van der Waals surface area contributed by atoms with Gasteiger partial charge in [-0.2, -0.15) is 8.78 Å². The predicted octanol–water partition coefficient (Wildman–Crippen LogP) is 3.69. The minimum Gasteiger partial charge on any atom is -0.296 e. The highest BCUT2D eigenvalue weighted by Crippen LogP contribution is 2.22. The van der Waals surface area contributed by atoms with Gasteiger partial charge in [-0.15, -0.1) is 0 Å². The third-order valence-corrected chi connectivity index (χ3v) is 2.39. The van der Waals surface area contributed by atoms with Crippen LogP contribution in [0, 0.1) is 0 Å². The standard InChI is InChI=1S/C11H9BrF2O/c1-8(6-11(13,14)7-15)9-2-4-10(12)5-3-9/h2-7H,1H3/b8-6+. The highest BCUT2D eigenvalue weighted by atomic mass is 79.9. The largest absolute Gasteiger partial charge is 0.321 e. The minimum absolute atomic E-state index is 0.366. The monoisotopic (exact) mass is 274 g/mol. The van der Waals surface area contributed by atoms with Crippen molar-refractivity contribution in [1.82, 2.24) is 0 Å². The van der Waals surface area contributed by atoms with E-state index in [2.05, 4.69) is 15.9 Å². The molecule has 0 unspecified atom stereocenters. The zero-order valence-electron chi connectivity index (χ0n) is 8.01. The van der Waals surface area contributed by atoms with E-state index in [0.29, 0.717) is 17.2 Å². The number of hydrogen-bond donors (Lipinski definition) is 0. The second kappa shape index (κ2) is 4.66. The van der Waals surface area contributed by atoms with Crippen LogP contribution in [0.5, 0.6) is 0 Å². The van der Waals surface area contributed by atoms with Crippen molar-refractivity contribution in [3.05, 3.63) is 40.4 Å².